The van der Waals surface area contributed by atoms with Gasteiger partial charge in [0.2, 0.25) is 0 Å². The lowest BCUT2D eigenvalue weighted by atomic mass is 10.1. The van der Waals surface area contributed by atoms with Crippen LogP contribution in [0.5, 0.6) is 5.75 Å². The molecule has 0 saturated carbocycles. The number of hydrogen-bond donors (Lipinski definition) is 1. The van der Waals surface area contributed by atoms with Crippen molar-refractivity contribution in [1.82, 2.24) is 4.90 Å². The minimum Gasteiger partial charge on any atom is -0.508 e. The van der Waals surface area contributed by atoms with Crippen molar-refractivity contribution < 1.29 is 9.90 Å². The first kappa shape index (κ1) is 9.58. The standard InChI is InChI=1S/C10H13NO2/c1-7-4-5-8(12)6-9(7)10(13)11(2)3/h4-6,12H,1-3H3. The average Bonchev–Trinajstić information content (AvgIpc) is 2.08. The lowest BCUT2D eigenvalue weighted by Gasteiger charge is -2.12. The predicted octanol–water partition coefficient (Wildman–Crippen LogP) is 1.40. The van der Waals surface area contributed by atoms with Crippen molar-refractivity contribution in [3.05, 3.63) is 29.3 Å². The fraction of sp³-hybridized carbons (Fsp3) is 0.300. The van der Waals surface area contributed by atoms with E-state index in [2.05, 4.69) is 0 Å². The molecule has 0 aliphatic rings. The zero-order valence-corrected chi connectivity index (χ0v) is 8.03. The van der Waals surface area contributed by atoms with Crippen LogP contribution in [0.1, 0.15) is 15.9 Å². The summed E-state index contributed by atoms with van der Waals surface area (Å²) in [7, 11) is 3.37. The molecule has 0 atom stereocenters. The van der Waals surface area contributed by atoms with Gasteiger partial charge in [0.05, 0.1) is 0 Å². The molecule has 0 bridgehead atoms. The van der Waals surface area contributed by atoms with Crippen LogP contribution in [0.2, 0.25) is 0 Å². The summed E-state index contributed by atoms with van der Waals surface area (Å²) in [6, 6.07) is 4.78. The summed E-state index contributed by atoms with van der Waals surface area (Å²) in [6.07, 6.45) is 0. The summed E-state index contributed by atoms with van der Waals surface area (Å²) in [5.41, 5.74) is 1.42. The lowest BCUT2D eigenvalue weighted by molar-refractivity contribution is 0.0826. The van der Waals surface area contributed by atoms with Crippen LogP contribution >= 0.6 is 0 Å². The second-order valence-corrected chi connectivity index (χ2v) is 3.20. The van der Waals surface area contributed by atoms with Crippen LogP contribution in [-0.4, -0.2) is 30.0 Å². The zero-order valence-electron chi connectivity index (χ0n) is 8.03. The predicted molar refractivity (Wildman–Crippen MR) is 50.9 cm³/mol. The van der Waals surface area contributed by atoms with Crippen LogP contribution in [0.15, 0.2) is 18.2 Å². The molecule has 1 aromatic rings. The summed E-state index contributed by atoms with van der Waals surface area (Å²) in [4.78, 5) is 13.0. The first-order valence-corrected chi connectivity index (χ1v) is 4.03. The molecule has 0 radical (unpaired) electrons. The Kier molecular flexibility index (Phi) is 2.56. The number of phenols is 1. The number of hydrogen-bond acceptors (Lipinski definition) is 2. The molecule has 0 aromatic heterocycles. The molecule has 13 heavy (non-hydrogen) atoms. The van der Waals surface area contributed by atoms with Gasteiger partial charge in [0, 0.05) is 19.7 Å². The van der Waals surface area contributed by atoms with Crippen LogP contribution in [0, 0.1) is 6.92 Å². The van der Waals surface area contributed by atoms with E-state index in [0.29, 0.717) is 5.56 Å². The van der Waals surface area contributed by atoms with Gasteiger partial charge in [-0.05, 0) is 24.6 Å². The minimum absolute atomic E-state index is 0.0894. The van der Waals surface area contributed by atoms with Gasteiger partial charge in [0.1, 0.15) is 5.75 Å². The summed E-state index contributed by atoms with van der Waals surface area (Å²) < 4.78 is 0. The largest absolute Gasteiger partial charge is 0.508 e. The van der Waals surface area contributed by atoms with Gasteiger partial charge in [-0.3, -0.25) is 4.79 Å². The van der Waals surface area contributed by atoms with E-state index >= 15 is 0 Å². The van der Waals surface area contributed by atoms with E-state index in [9.17, 15) is 9.90 Å². The molecule has 0 fully saturated rings. The molecule has 3 heteroatoms. The third-order valence-corrected chi connectivity index (χ3v) is 1.86. The molecule has 1 rings (SSSR count). The molecule has 0 aliphatic carbocycles. The third-order valence-electron chi connectivity index (χ3n) is 1.86. The number of aryl methyl sites for hydroxylation is 1. The van der Waals surface area contributed by atoms with Crippen LogP contribution in [-0.2, 0) is 0 Å². The molecule has 0 saturated heterocycles. The molecule has 1 aromatic carbocycles. The Balaban J connectivity index is 3.13. The zero-order chi connectivity index (χ0) is 10.0. The van der Waals surface area contributed by atoms with Crippen molar-refractivity contribution in [1.29, 1.82) is 0 Å². The topological polar surface area (TPSA) is 40.5 Å². The van der Waals surface area contributed by atoms with Crippen molar-refractivity contribution in [2.75, 3.05) is 14.1 Å². The summed E-state index contributed by atoms with van der Waals surface area (Å²) in [5, 5.41) is 9.20. The van der Waals surface area contributed by atoms with Crippen molar-refractivity contribution in [2.45, 2.75) is 6.92 Å². The second-order valence-electron chi connectivity index (χ2n) is 3.20. The molecule has 0 spiro atoms. The summed E-state index contributed by atoms with van der Waals surface area (Å²) >= 11 is 0. The number of aromatic hydroxyl groups is 1. The highest BCUT2D eigenvalue weighted by Gasteiger charge is 2.10. The van der Waals surface area contributed by atoms with Crippen LogP contribution in [0.4, 0.5) is 0 Å². The molecular weight excluding hydrogens is 166 g/mol. The van der Waals surface area contributed by atoms with Crippen molar-refractivity contribution in [3.8, 4) is 5.75 Å². The smallest absolute Gasteiger partial charge is 0.253 e. The van der Waals surface area contributed by atoms with Crippen molar-refractivity contribution >= 4 is 5.91 Å². The van der Waals surface area contributed by atoms with E-state index in [1.54, 1.807) is 26.2 Å². The normalized spacial score (nSPS) is 9.77. The van der Waals surface area contributed by atoms with E-state index in [1.807, 2.05) is 6.92 Å². The van der Waals surface area contributed by atoms with Gasteiger partial charge in [-0.25, -0.2) is 0 Å². The van der Waals surface area contributed by atoms with E-state index in [4.69, 9.17) is 0 Å². The molecule has 0 heterocycles. The monoisotopic (exact) mass is 179 g/mol. The minimum atomic E-state index is -0.0894. The molecule has 70 valence electrons. The van der Waals surface area contributed by atoms with Crippen molar-refractivity contribution in [3.63, 3.8) is 0 Å². The van der Waals surface area contributed by atoms with Gasteiger partial charge in [-0.2, -0.15) is 0 Å². The number of carbonyl (C=O) groups is 1. The maximum absolute atomic E-state index is 11.5. The molecule has 0 unspecified atom stereocenters. The fourth-order valence-corrected chi connectivity index (χ4v) is 1.08. The Morgan fingerprint density at radius 1 is 1.38 bits per heavy atom. The quantitative estimate of drug-likeness (QED) is 0.708. The van der Waals surface area contributed by atoms with E-state index in [0.717, 1.165) is 5.56 Å². The van der Waals surface area contributed by atoms with Crippen LogP contribution in [0.25, 0.3) is 0 Å². The molecule has 1 N–H and O–H groups in total. The number of nitrogens with zero attached hydrogens (tertiary/aromatic N) is 1. The van der Waals surface area contributed by atoms with Crippen molar-refractivity contribution in [2.24, 2.45) is 0 Å². The molecule has 0 aliphatic heterocycles. The summed E-state index contributed by atoms with van der Waals surface area (Å²) in [6.45, 7) is 1.84. The summed E-state index contributed by atoms with van der Waals surface area (Å²) in [5.74, 6) is 0.0317. The number of amides is 1. The Morgan fingerprint density at radius 3 is 2.54 bits per heavy atom. The highest BCUT2D eigenvalue weighted by Crippen LogP contribution is 2.16. The number of phenolic OH excluding ortho intramolecular Hbond substituents is 1. The van der Waals surface area contributed by atoms with E-state index in [1.165, 1.54) is 11.0 Å². The van der Waals surface area contributed by atoms with Crippen LogP contribution in [0.3, 0.4) is 0 Å². The number of carbonyl (C=O) groups excluding carboxylic acids is 1. The van der Waals surface area contributed by atoms with Gasteiger partial charge < -0.3 is 10.0 Å². The van der Waals surface area contributed by atoms with Crippen LogP contribution < -0.4 is 0 Å². The Hall–Kier alpha value is -1.51. The lowest BCUT2D eigenvalue weighted by Crippen LogP contribution is -2.22. The Morgan fingerprint density at radius 2 is 2.00 bits per heavy atom. The molecular formula is C10H13NO2. The van der Waals surface area contributed by atoms with E-state index in [-0.39, 0.29) is 11.7 Å². The SMILES string of the molecule is Cc1ccc(O)cc1C(=O)N(C)C. The Labute approximate surface area is 77.6 Å². The first-order valence-electron chi connectivity index (χ1n) is 4.03. The number of benzene rings is 1. The third kappa shape index (κ3) is 1.99. The maximum atomic E-state index is 11.5. The van der Waals surface area contributed by atoms with Gasteiger partial charge in [0.15, 0.2) is 0 Å². The second kappa shape index (κ2) is 3.47. The molecule has 3 nitrogen and oxygen atoms in total. The fourth-order valence-electron chi connectivity index (χ4n) is 1.08. The van der Waals surface area contributed by atoms with Gasteiger partial charge in [0.25, 0.3) is 5.91 Å². The Bertz CT molecular complexity index is 332. The van der Waals surface area contributed by atoms with Gasteiger partial charge in [-0.15, -0.1) is 0 Å². The van der Waals surface area contributed by atoms with Gasteiger partial charge in [-0.1, -0.05) is 6.07 Å². The maximum Gasteiger partial charge on any atom is 0.253 e. The first-order chi connectivity index (χ1) is 6.02. The van der Waals surface area contributed by atoms with Gasteiger partial charge >= 0.3 is 0 Å². The highest BCUT2D eigenvalue weighted by atomic mass is 16.3. The number of rotatable bonds is 1. The molecule has 1 amide bonds. The van der Waals surface area contributed by atoms with E-state index < -0.39 is 0 Å². The average molecular weight is 179 g/mol. The highest BCUT2D eigenvalue weighted by molar-refractivity contribution is 5.95.